The standard InChI is InChI=1S/C14H18N2O3/c1-16-8-2-3-10-9-11(4-5-12(10)16)14(19)15-7-6-13(17)18/h4-5,9H,2-3,6-8H2,1H3,(H,15,19)(H,17,18). The second-order valence-electron chi connectivity index (χ2n) is 4.77. The van der Waals surface area contributed by atoms with Crippen molar-refractivity contribution in [3.05, 3.63) is 29.3 Å². The maximum absolute atomic E-state index is 11.9. The number of hydrogen-bond donors (Lipinski definition) is 2. The maximum atomic E-state index is 11.9. The Bertz CT molecular complexity index is 499. The normalized spacial score (nSPS) is 13.8. The van der Waals surface area contributed by atoms with E-state index in [0.29, 0.717) is 5.56 Å². The van der Waals surface area contributed by atoms with Gasteiger partial charge in [0.2, 0.25) is 0 Å². The van der Waals surface area contributed by atoms with E-state index in [0.717, 1.165) is 19.4 Å². The highest BCUT2D eigenvalue weighted by molar-refractivity contribution is 5.95. The van der Waals surface area contributed by atoms with Crippen LogP contribution in [0.25, 0.3) is 0 Å². The minimum absolute atomic E-state index is 0.0561. The number of carbonyl (C=O) groups is 2. The Morgan fingerprint density at radius 3 is 2.95 bits per heavy atom. The van der Waals surface area contributed by atoms with Gasteiger partial charge in [0.1, 0.15) is 0 Å². The van der Waals surface area contributed by atoms with Crippen molar-refractivity contribution in [2.24, 2.45) is 0 Å². The van der Waals surface area contributed by atoms with Crippen molar-refractivity contribution < 1.29 is 14.7 Å². The van der Waals surface area contributed by atoms with Crippen molar-refractivity contribution in [3.63, 3.8) is 0 Å². The highest BCUT2D eigenvalue weighted by Crippen LogP contribution is 2.26. The third-order valence-corrected chi connectivity index (χ3v) is 3.32. The number of nitrogens with zero attached hydrogens (tertiary/aromatic N) is 1. The molecule has 102 valence electrons. The molecule has 0 spiro atoms. The first-order valence-corrected chi connectivity index (χ1v) is 6.42. The number of aliphatic carboxylic acids is 1. The van der Waals surface area contributed by atoms with Crippen molar-refractivity contribution in [2.75, 3.05) is 25.0 Å². The summed E-state index contributed by atoms with van der Waals surface area (Å²) in [6.45, 7) is 1.20. The van der Waals surface area contributed by atoms with Crippen LogP contribution in [0.5, 0.6) is 0 Å². The molecule has 1 heterocycles. The van der Waals surface area contributed by atoms with Gasteiger partial charge in [0.15, 0.2) is 0 Å². The van der Waals surface area contributed by atoms with E-state index in [2.05, 4.69) is 10.2 Å². The fourth-order valence-electron chi connectivity index (χ4n) is 2.31. The Balaban J connectivity index is 2.05. The predicted molar refractivity (Wildman–Crippen MR) is 72.6 cm³/mol. The van der Waals surface area contributed by atoms with Crippen LogP contribution in [0.2, 0.25) is 0 Å². The molecule has 0 aliphatic carbocycles. The van der Waals surface area contributed by atoms with Gasteiger partial charge in [-0.2, -0.15) is 0 Å². The summed E-state index contributed by atoms with van der Waals surface area (Å²) >= 11 is 0. The van der Waals surface area contributed by atoms with Gasteiger partial charge in [0.05, 0.1) is 6.42 Å². The lowest BCUT2D eigenvalue weighted by molar-refractivity contribution is -0.136. The molecule has 1 aromatic carbocycles. The van der Waals surface area contributed by atoms with Gasteiger partial charge < -0.3 is 15.3 Å². The molecule has 0 fully saturated rings. The number of rotatable bonds is 4. The van der Waals surface area contributed by atoms with E-state index in [-0.39, 0.29) is 18.9 Å². The smallest absolute Gasteiger partial charge is 0.305 e. The van der Waals surface area contributed by atoms with Gasteiger partial charge in [-0.25, -0.2) is 0 Å². The summed E-state index contributed by atoms with van der Waals surface area (Å²) in [6.07, 6.45) is 2.02. The average Bonchev–Trinajstić information content (AvgIpc) is 2.38. The van der Waals surface area contributed by atoms with E-state index < -0.39 is 5.97 Å². The molecule has 0 saturated carbocycles. The van der Waals surface area contributed by atoms with Gasteiger partial charge in [-0.1, -0.05) is 0 Å². The third-order valence-electron chi connectivity index (χ3n) is 3.32. The van der Waals surface area contributed by atoms with Crippen LogP contribution in [-0.4, -0.2) is 37.1 Å². The molecule has 0 saturated heterocycles. The second-order valence-corrected chi connectivity index (χ2v) is 4.77. The second kappa shape index (κ2) is 5.73. The molecule has 2 rings (SSSR count). The van der Waals surface area contributed by atoms with Gasteiger partial charge in [-0.3, -0.25) is 9.59 Å². The molecule has 19 heavy (non-hydrogen) atoms. The van der Waals surface area contributed by atoms with Gasteiger partial charge >= 0.3 is 5.97 Å². The number of carbonyl (C=O) groups excluding carboxylic acids is 1. The Hall–Kier alpha value is -2.04. The minimum atomic E-state index is -0.910. The van der Waals surface area contributed by atoms with Gasteiger partial charge in [-0.15, -0.1) is 0 Å². The van der Waals surface area contributed by atoms with Crippen LogP contribution in [0.3, 0.4) is 0 Å². The molecule has 0 bridgehead atoms. The van der Waals surface area contributed by atoms with Crippen LogP contribution >= 0.6 is 0 Å². The number of anilines is 1. The van der Waals surface area contributed by atoms with Crippen LogP contribution in [0.1, 0.15) is 28.8 Å². The molecule has 1 aromatic rings. The zero-order chi connectivity index (χ0) is 13.8. The van der Waals surface area contributed by atoms with Crippen molar-refractivity contribution in [1.82, 2.24) is 5.32 Å². The average molecular weight is 262 g/mol. The van der Waals surface area contributed by atoms with E-state index in [4.69, 9.17) is 5.11 Å². The van der Waals surface area contributed by atoms with Gasteiger partial charge in [0, 0.05) is 31.4 Å². The highest BCUT2D eigenvalue weighted by atomic mass is 16.4. The summed E-state index contributed by atoms with van der Waals surface area (Å²) in [6, 6.07) is 5.65. The zero-order valence-electron chi connectivity index (χ0n) is 11.0. The van der Waals surface area contributed by atoms with Gasteiger partial charge in [-0.05, 0) is 36.6 Å². The summed E-state index contributed by atoms with van der Waals surface area (Å²) in [4.78, 5) is 24.4. The first-order chi connectivity index (χ1) is 9.08. The first kappa shape index (κ1) is 13.4. The Kier molecular flexibility index (Phi) is 4.04. The number of carboxylic acid groups (broad SMARTS) is 1. The lowest BCUT2D eigenvalue weighted by Gasteiger charge is -2.27. The number of hydrogen-bond acceptors (Lipinski definition) is 3. The lowest BCUT2D eigenvalue weighted by Crippen LogP contribution is -2.27. The highest BCUT2D eigenvalue weighted by Gasteiger charge is 2.15. The monoisotopic (exact) mass is 262 g/mol. The number of nitrogens with one attached hydrogen (secondary N) is 1. The van der Waals surface area contributed by atoms with Crippen molar-refractivity contribution in [2.45, 2.75) is 19.3 Å². The number of fused-ring (bicyclic) bond motifs is 1. The SMILES string of the molecule is CN1CCCc2cc(C(=O)NCCC(=O)O)ccc21. The van der Waals surface area contributed by atoms with E-state index in [1.54, 1.807) is 6.07 Å². The quantitative estimate of drug-likeness (QED) is 0.857. The topological polar surface area (TPSA) is 69.6 Å². The third kappa shape index (κ3) is 3.24. The van der Waals surface area contributed by atoms with E-state index in [1.807, 2.05) is 19.2 Å². The van der Waals surface area contributed by atoms with Crippen LogP contribution in [-0.2, 0) is 11.2 Å². The molecule has 0 radical (unpaired) electrons. The number of aryl methyl sites for hydroxylation is 1. The largest absolute Gasteiger partial charge is 0.481 e. The fraction of sp³-hybridized carbons (Fsp3) is 0.429. The summed E-state index contributed by atoms with van der Waals surface area (Å²) < 4.78 is 0. The van der Waals surface area contributed by atoms with Crippen LogP contribution in [0.4, 0.5) is 5.69 Å². The molecule has 0 atom stereocenters. The number of carboxylic acids is 1. The van der Waals surface area contributed by atoms with E-state index >= 15 is 0 Å². The Morgan fingerprint density at radius 1 is 1.42 bits per heavy atom. The molecule has 1 aliphatic heterocycles. The first-order valence-electron chi connectivity index (χ1n) is 6.42. The minimum Gasteiger partial charge on any atom is -0.481 e. The molecule has 0 unspecified atom stereocenters. The number of benzene rings is 1. The maximum Gasteiger partial charge on any atom is 0.305 e. The van der Waals surface area contributed by atoms with Crippen molar-refractivity contribution >= 4 is 17.6 Å². The summed E-state index contributed by atoms with van der Waals surface area (Å²) in [5.41, 5.74) is 2.95. The fourth-order valence-corrected chi connectivity index (χ4v) is 2.31. The van der Waals surface area contributed by atoms with E-state index in [9.17, 15) is 9.59 Å². The molecule has 0 aromatic heterocycles. The van der Waals surface area contributed by atoms with Crippen LogP contribution in [0.15, 0.2) is 18.2 Å². The molecule has 5 heteroatoms. The lowest BCUT2D eigenvalue weighted by atomic mass is 9.99. The van der Waals surface area contributed by atoms with Gasteiger partial charge in [0.25, 0.3) is 5.91 Å². The summed E-state index contributed by atoms with van der Waals surface area (Å²) in [5.74, 6) is -1.12. The summed E-state index contributed by atoms with van der Waals surface area (Å²) in [5, 5.41) is 11.1. The molecule has 5 nitrogen and oxygen atoms in total. The molecule has 1 aliphatic rings. The Labute approximate surface area is 112 Å². The van der Waals surface area contributed by atoms with E-state index in [1.165, 1.54) is 11.3 Å². The number of amides is 1. The molecule has 2 N–H and O–H groups in total. The van der Waals surface area contributed by atoms with Crippen molar-refractivity contribution in [3.8, 4) is 0 Å². The predicted octanol–water partition coefficient (Wildman–Crippen LogP) is 1.27. The molecule has 1 amide bonds. The Morgan fingerprint density at radius 2 is 2.21 bits per heavy atom. The van der Waals surface area contributed by atoms with Crippen LogP contribution in [0, 0.1) is 0 Å². The summed E-state index contributed by atoms with van der Waals surface area (Å²) in [7, 11) is 2.05. The van der Waals surface area contributed by atoms with Crippen molar-refractivity contribution in [1.29, 1.82) is 0 Å². The molecular weight excluding hydrogens is 244 g/mol. The zero-order valence-corrected chi connectivity index (χ0v) is 11.0. The van der Waals surface area contributed by atoms with Crippen LogP contribution < -0.4 is 10.2 Å². The molecular formula is C14H18N2O3.